The smallest absolute Gasteiger partial charge is 0.160 e. The zero-order valence-corrected chi connectivity index (χ0v) is 58.4. The van der Waals surface area contributed by atoms with E-state index in [-0.39, 0.29) is 11.8 Å². The van der Waals surface area contributed by atoms with Gasteiger partial charge in [-0.3, -0.25) is 0 Å². The first-order valence-corrected chi connectivity index (χ1v) is 37.2. The lowest BCUT2D eigenvalue weighted by Crippen LogP contribution is -2.32. The van der Waals surface area contributed by atoms with Crippen molar-refractivity contribution in [3.8, 4) is 135 Å². The van der Waals surface area contributed by atoms with Crippen molar-refractivity contribution >= 4 is 0 Å². The Morgan fingerprint density at radius 1 is 0.185 bits per heavy atom. The van der Waals surface area contributed by atoms with E-state index in [0.29, 0.717) is 11.6 Å². The fourth-order valence-electron chi connectivity index (χ4n) is 19.4. The van der Waals surface area contributed by atoms with Gasteiger partial charge in [-0.05, 0) is 161 Å². The van der Waals surface area contributed by atoms with Crippen molar-refractivity contribution in [2.45, 2.75) is 22.7 Å². The van der Waals surface area contributed by atoms with Crippen molar-refractivity contribution in [2.24, 2.45) is 0 Å². The molecule has 502 valence electrons. The number of nitrogens with zero attached hydrogens (tertiary/aromatic N) is 4. The van der Waals surface area contributed by atoms with Gasteiger partial charge in [-0.2, -0.15) is 0 Å². The van der Waals surface area contributed by atoms with Crippen LogP contribution in [-0.4, -0.2) is 19.9 Å². The van der Waals surface area contributed by atoms with E-state index in [9.17, 15) is 0 Å². The zero-order valence-electron chi connectivity index (χ0n) is 58.4. The fraction of sp³-hybridized carbons (Fsp3) is 0.0392. The minimum atomic E-state index is -0.610. The Morgan fingerprint density at radius 3 is 0.880 bits per heavy atom. The molecule has 0 radical (unpaired) electrons. The van der Waals surface area contributed by atoms with Crippen LogP contribution in [-0.2, 0) is 10.8 Å². The first-order valence-electron chi connectivity index (χ1n) is 37.2. The molecule has 0 saturated carbocycles. The molecular formula is C102H62N4O2. The molecule has 0 fully saturated rings. The van der Waals surface area contributed by atoms with Crippen LogP contribution in [0.3, 0.4) is 0 Å². The van der Waals surface area contributed by atoms with Crippen LogP contribution in [0.1, 0.15) is 89.7 Å². The van der Waals surface area contributed by atoms with Gasteiger partial charge in [-0.15, -0.1) is 0 Å². The van der Waals surface area contributed by atoms with Crippen LogP contribution >= 0.6 is 0 Å². The highest BCUT2D eigenvalue weighted by atomic mass is 16.5. The molecule has 2 bridgehead atoms. The largest absolute Gasteiger partial charge is 0.457 e. The number of aromatic nitrogens is 4. The van der Waals surface area contributed by atoms with Gasteiger partial charge in [-0.1, -0.05) is 303 Å². The SMILES string of the molecule is c1ccc(-c2nc(-c3ccc4c(c3)C3c5ccccc5C4c4cc(-c5cc(-c6ccccc6-c6ccc7c(c6)C6(c8ccccc8O7)c7ccccc7-c7ccccc76)nc(-c6ccccc6)n5)ccc43)cc(-c3ccccc3-c3ccc4c(c3)C3(c5ccccc5O4)c4ccccc4-c4ccccc43)n2)cc1. The van der Waals surface area contributed by atoms with Crippen LogP contribution in [0.2, 0.25) is 0 Å². The highest BCUT2D eigenvalue weighted by Gasteiger charge is 2.53. The minimum absolute atomic E-state index is 0.0311. The summed E-state index contributed by atoms with van der Waals surface area (Å²) in [6.07, 6.45) is 0. The fourth-order valence-corrected chi connectivity index (χ4v) is 19.4. The second kappa shape index (κ2) is 23.3. The molecule has 5 aliphatic carbocycles. The Labute approximate surface area is 625 Å². The van der Waals surface area contributed by atoms with Crippen LogP contribution in [0.25, 0.3) is 112 Å². The van der Waals surface area contributed by atoms with Crippen LogP contribution in [0.5, 0.6) is 23.0 Å². The number of rotatable bonds is 8. The quantitative estimate of drug-likeness (QED) is 0.151. The molecule has 108 heavy (non-hydrogen) atoms. The highest BCUT2D eigenvalue weighted by Crippen LogP contribution is 2.65. The third-order valence-corrected chi connectivity index (χ3v) is 23.9. The maximum Gasteiger partial charge on any atom is 0.160 e. The van der Waals surface area contributed by atoms with E-state index in [0.717, 1.165) is 124 Å². The Morgan fingerprint density at radius 2 is 0.481 bits per heavy atom. The summed E-state index contributed by atoms with van der Waals surface area (Å²) in [7, 11) is 0. The van der Waals surface area contributed by atoms with Crippen molar-refractivity contribution in [3.63, 3.8) is 0 Å². The van der Waals surface area contributed by atoms with Crippen LogP contribution < -0.4 is 9.47 Å². The average molecular weight is 1380 g/mol. The summed E-state index contributed by atoms with van der Waals surface area (Å²) in [4.78, 5) is 22.0. The standard InChI is InChI=1S/C102H62N4O2/c1-3-25-61(26-4-1)99-103-89(59-91(105-99)73-35-9-7-29-67(73)63-49-53-95-87(57-63)101(85-43-21-23-45-93(85)107-95)81-39-17-13-31-69(81)70-32-14-18-40-82(70)101)65-47-51-77-79(55-65)97-75-37-11-12-38-76(75)98(77)80-56-66(48-52-78(80)97)90-60-92(106-100(104-90)62-27-5-2-6-28-62)74-36-10-8-30-68(74)64-50-54-96-88(58-64)102(86-44-22-24-46-94(86)108-96)83-41-19-15-33-71(83)72-34-16-20-42-84(72)102/h1-60,97-98H. The lowest BCUT2D eigenvalue weighted by Gasteiger charge is -2.42. The van der Waals surface area contributed by atoms with Gasteiger partial charge >= 0.3 is 0 Å². The lowest BCUT2D eigenvalue weighted by atomic mass is 9.60. The third-order valence-electron chi connectivity index (χ3n) is 23.9. The number of benzene rings is 15. The first kappa shape index (κ1) is 60.5. The summed E-state index contributed by atoms with van der Waals surface area (Å²) in [6, 6.07) is 132. The summed E-state index contributed by atoms with van der Waals surface area (Å²) in [5, 5.41) is 0. The topological polar surface area (TPSA) is 70.0 Å². The number of para-hydroxylation sites is 2. The Balaban J connectivity index is 0.635. The maximum absolute atomic E-state index is 6.91. The van der Waals surface area contributed by atoms with E-state index in [1.165, 1.54) is 77.9 Å². The number of hydrogen-bond donors (Lipinski definition) is 0. The molecule has 0 saturated heterocycles. The Bertz CT molecular complexity index is 6180. The van der Waals surface area contributed by atoms with Gasteiger partial charge in [0.2, 0.25) is 0 Å². The summed E-state index contributed by atoms with van der Waals surface area (Å²) in [5.74, 6) is 4.70. The molecule has 7 aliphatic rings. The maximum atomic E-state index is 6.91. The predicted octanol–water partition coefficient (Wildman–Crippen LogP) is 24.5. The van der Waals surface area contributed by atoms with Gasteiger partial charge in [-0.25, -0.2) is 19.9 Å². The van der Waals surface area contributed by atoms with Crippen molar-refractivity contribution in [1.82, 2.24) is 19.9 Å². The molecule has 2 aromatic heterocycles. The first-order chi connectivity index (χ1) is 53.5. The molecule has 6 heteroatoms. The number of hydrogen-bond acceptors (Lipinski definition) is 6. The molecular weight excluding hydrogens is 1310 g/mol. The van der Waals surface area contributed by atoms with Gasteiger partial charge in [0.25, 0.3) is 0 Å². The molecule has 2 atom stereocenters. The van der Waals surface area contributed by atoms with Gasteiger partial charge < -0.3 is 9.47 Å². The summed E-state index contributed by atoms with van der Waals surface area (Å²) < 4.78 is 13.8. The van der Waals surface area contributed by atoms with Gasteiger partial charge in [0.15, 0.2) is 11.6 Å². The van der Waals surface area contributed by atoms with Gasteiger partial charge in [0.1, 0.15) is 23.0 Å². The molecule has 17 aromatic rings. The molecule has 15 aromatic carbocycles. The minimum Gasteiger partial charge on any atom is -0.457 e. The monoisotopic (exact) mass is 1370 g/mol. The van der Waals surface area contributed by atoms with Crippen LogP contribution in [0, 0.1) is 0 Å². The summed E-state index contributed by atoms with van der Waals surface area (Å²) >= 11 is 0. The summed E-state index contributed by atoms with van der Waals surface area (Å²) in [5.41, 5.74) is 34.8. The highest BCUT2D eigenvalue weighted by molar-refractivity contribution is 5.94. The normalized spacial score (nSPS) is 15.1. The predicted molar refractivity (Wildman–Crippen MR) is 431 cm³/mol. The number of fused-ring (bicyclic) bond motifs is 18. The molecule has 0 N–H and O–H groups in total. The van der Waals surface area contributed by atoms with Crippen molar-refractivity contribution in [1.29, 1.82) is 0 Å². The molecule has 2 spiro atoms. The molecule has 6 nitrogen and oxygen atoms in total. The van der Waals surface area contributed by atoms with E-state index in [4.69, 9.17) is 29.4 Å². The van der Waals surface area contributed by atoms with Crippen LogP contribution in [0.15, 0.2) is 364 Å². The average Bonchev–Trinajstić information content (AvgIpc) is 1.46. The third kappa shape index (κ3) is 8.65. The Hall–Kier alpha value is -13.9. The van der Waals surface area contributed by atoms with Gasteiger partial charge in [0, 0.05) is 67.5 Å². The van der Waals surface area contributed by atoms with Crippen molar-refractivity contribution in [2.75, 3.05) is 0 Å². The van der Waals surface area contributed by atoms with E-state index in [1.54, 1.807) is 0 Å². The van der Waals surface area contributed by atoms with Gasteiger partial charge in [0.05, 0.1) is 33.6 Å². The van der Waals surface area contributed by atoms with E-state index < -0.39 is 10.8 Å². The van der Waals surface area contributed by atoms with Crippen LogP contribution in [0.4, 0.5) is 0 Å². The number of ether oxygens (including phenoxy) is 2. The second-order valence-electron chi connectivity index (χ2n) is 29.2. The van der Waals surface area contributed by atoms with E-state index in [1.807, 2.05) is 0 Å². The molecule has 24 rings (SSSR count). The van der Waals surface area contributed by atoms with E-state index >= 15 is 0 Å². The summed E-state index contributed by atoms with van der Waals surface area (Å²) in [6.45, 7) is 0. The van der Waals surface area contributed by atoms with E-state index in [2.05, 4.69) is 364 Å². The molecule has 0 amide bonds. The lowest BCUT2D eigenvalue weighted by molar-refractivity contribution is 0.436. The Kier molecular flexibility index (Phi) is 13.0. The van der Waals surface area contributed by atoms with Crippen molar-refractivity contribution in [3.05, 3.63) is 442 Å². The molecule has 2 aliphatic heterocycles. The second-order valence-corrected chi connectivity index (χ2v) is 29.2. The van der Waals surface area contributed by atoms with Crippen molar-refractivity contribution < 1.29 is 9.47 Å². The molecule has 4 heterocycles. The zero-order chi connectivity index (χ0) is 70.8. The molecule has 2 unspecified atom stereocenters.